The summed E-state index contributed by atoms with van der Waals surface area (Å²) in [5.74, 6) is 0.744. The molecule has 1 N–H and O–H groups in total. The molecule has 25 heavy (non-hydrogen) atoms. The third-order valence-corrected chi connectivity index (χ3v) is 3.53. The summed E-state index contributed by atoms with van der Waals surface area (Å²) in [4.78, 5) is 18.6. The van der Waals surface area contributed by atoms with E-state index in [1.807, 2.05) is 30.3 Å². The highest BCUT2D eigenvalue weighted by atomic mass is 16.6. The molecular formula is C17H16N4O4. The van der Waals surface area contributed by atoms with Crippen molar-refractivity contribution in [3.8, 4) is 5.75 Å². The Morgan fingerprint density at radius 3 is 3.00 bits per heavy atom. The second kappa shape index (κ2) is 7.43. The molecule has 0 aliphatic rings. The Kier molecular flexibility index (Phi) is 4.89. The smallest absolute Gasteiger partial charge is 0.274 e. The molecular weight excluding hydrogens is 324 g/mol. The second-order valence-corrected chi connectivity index (χ2v) is 5.29. The van der Waals surface area contributed by atoms with Crippen LogP contribution in [0.3, 0.4) is 0 Å². The third-order valence-electron chi connectivity index (χ3n) is 3.53. The maximum atomic E-state index is 10.7. The molecule has 0 saturated heterocycles. The van der Waals surface area contributed by atoms with E-state index in [2.05, 4.69) is 9.98 Å². The number of pyridine rings is 2. The number of hydrogen-bond donors (Lipinski definition) is 1. The summed E-state index contributed by atoms with van der Waals surface area (Å²) in [5.41, 5.74) is 0.916. The van der Waals surface area contributed by atoms with Gasteiger partial charge in [-0.1, -0.05) is 6.07 Å². The summed E-state index contributed by atoms with van der Waals surface area (Å²) < 4.78 is 6.43. The third kappa shape index (κ3) is 4.11. The molecule has 2 heterocycles. The maximum absolute atomic E-state index is 10.7. The summed E-state index contributed by atoms with van der Waals surface area (Å²) >= 11 is 0. The first kappa shape index (κ1) is 16.4. The Bertz CT molecular complexity index is 968. The van der Waals surface area contributed by atoms with Crippen LogP contribution in [0.1, 0.15) is 6.42 Å². The minimum atomic E-state index is -0.531. The van der Waals surface area contributed by atoms with Crippen LogP contribution in [0.4, 0.5) is 5.69 Å². The summed E-state index contributed by atoms with van der Waals surface area (Å²) in [7, 11) is 0. The Balaban J connectivity index is 1.57. The molecule has 128 valence electrons. The summed E-state index contributed by atoms with van der Waals surface area (Å²) in [6.07, 6.45) is 3.54. The molecule has 1 aromatic carbocycles. The Morgan fingerprint density at radius 1 is 1.28 bits per heavy atom. The quantitative estimate of drug-likeness (QED) is 0.321. The van der Waals surface area contributed by atoms with E-state index in [0.717, 1.165) is 21.4 Å². The molecule has 0 aliphatic carbocycles. The lowest BCUT2D eigenvalue weighted by Gasteiger charge is -2.06. The van der Waals surface area contributed by atoms with Crippen molar-refractivity contribution in [2.24, 2.45) is 4.99 Å². The minimum Gasteiger partial charge on any atom is -0.494 e. The number of hydrogen-bond acceptors (Lipinski definition) is 6. The van der Waals surface area contributed by atoms with Gasteiger partial charge in [0.15, 0.2) is 5.49 Å². The molecule has 0 bridgehead atoms. The topological polar surface area (TPSA) is 103 Å². The molecule has 0 spiro atoms. The van der Waals surface area contributed by atoms with Gasteiger partial charge in [0.05, 0.1) is 29.3 Å². The van der Waals surface area contributed by atoms with E-state index in [9.17, 15) is 15.3 Å². The SMILES string of the molecule is O=[N+]([O-])c1ccn(O)c(=NCCCOc2ccc3ncccc3c2)c1. The predicted octanol–water partition coefficient (Wildman–Crippen LogP) is 2.55. The standard InChI is InChI=1S/C17H16N4O4/c22-20-9-6-14(21(23)24)12-17(20)19-8-2-10-25-15-4-5-16-13(11-15)3-1-7-18-16/h1,3-7,9,11-12,22H,2,8,10H2. The van der Waals surface area contributed by atoms with Gasteiger partial charge in [-0.15, -0.1) is 0 Å². The summed E-state index contributed by atoms with van der Waals surface area (Å²) in [5, 5.41) is 21.4. The second-order valence-electron chi connectivity index (χ2n) is 5.29. The van der Waals surface area contributed by atoms with E-state index < -0.39 is 4.92 Å². The van der Waals surface area contributed by atoms with Gasteiger partial charge in [-0.2, -0.15) is 4.73 Å². The first-order valence-corrected chi connectivity index (χ1v) is 7.68. The zero-order valence-electron chi connectivity index (χ0n) is 13.3. The monoisotopic (exact) mass is 340 g/mol. The highest BCUT2D eigenvalue weighted by molar-refractivity contribution is 5.79. The zero-order chi connectivity index (χ0) is 17.6. The fourth-order valence-corrected chi connectivity index (χ4v) is 2.29. The van der Waals surface area contributed by atoms with Crippen LogP contribution in [0.5, 0.6) is 5.75 Å². The Hall–Kier alpha value is -3.42. The molecule has 0 radical (unpaired) electrons. The molecule has 0 unspecified atom stereocenters. The molecule has 0 saturated carbocycles. The molecule has 3 aromatic rings. The molecule has 0 fully saturated rings. The van der Waals surface area contributed by atoms with Gasteiger partial charge in [0.1, 0.15) is 5.75 Å². The molecule has 8 nitrogen and oxygen atoms in total. The van der Waals surface area contributed by atoms with Crippen LogP contribution in [0.2, 0.25) is 0 Å². The predicted molar refractivity (Wildman–Crippen MR) is 90.6 cm³/mol. The van der Waals surface area contributed by atoms with Crippen molar-refractivity contribution in [3.05, 3.63) is 70.5 Å². The van der Waals surface area contributed by atoms with Gasteiger partial charge < -0.3 is 9.94 Å². The Morgan fingerprint density at radius 2 is 2.16 bits per heavy atom. The average molecular weight is 340 g/mol. The van der Waals surface area contributed by atoms with Crippen LogP contribution in [0.15, 0.2) is 59.9 Å². The summed E-state index contributed by atoms with van der Waals surface area (Å²) in [6, 6.07) is 11.9. The number of benzene rings is 1. The molecule has 0 amide bonds. The van der Waals surface area contributed by atoms with Gasteiger partial charge in [-0.25, -0.2) is 0 Å². The van der Waals surface area contributed by atoms with Crippen molar-refractivity contribution in [3.63, 3.8) is 0 Å². The lowest BCUT2D eigenvalue weighted by Crippen LogP contribution is -2.19. The Labute approximate surface area is 142 Å². The molecule has 2 aromatic heterocycles. The van der Waals surface area contributed by atoms with Crippen LogP contribution >= 0.6 is 0 Å². The van der Waals surface area contributed by atoms with Crippen molar-refractivity contribution in [1.82, 2.24) is 9.71 Å². The van der Waals surface area contributed by atoms with Crippen LogP contribution in [-0.2, 0) is 0 Å². The van der Waals surface area contributed by atoms with Crippen molar-refractivity contribution >= 4 is 16.6 Å². The van der Waals surface area contributed by atoms with Crippen LogP contribution in [0.25, 0.3) is 10.9 Å². The van der Waals surface area contributed by atoms with E-state index >= 15 is 0 Å². The van der Waals surface area contributed by atoms with E-state index in [-0.39, 0.29) is 11.2 Å². The first-order chi connectivity index (χ1) is 12.1. The van der Waals surface area contributed by atoms with Gasteiger partial charge in [-0.3, -0.25) is 20.1 Å². The lowest BCUT2D eigenvalue weighted by molar-refractivity contribution is -0.385. The highest BCUT2D eigenvalue weighted by Crippen LogP contribution is 2.18. The molecule has 3 rings (SSSR count). The fraction of sp³-hybridized carbons (Fsp3) is 0.176. The van der Waals surface area contributed by atoms with Crippen LogP contribution < -0.4 is 10.2 Å². The van der Waals surface area contributed by atoms with Crippen molar-refractivity contribution in [2.75, 3.05) is 13.2 Å². The lowest BCUT2D eigenvalue weighted by atomic mass is 10.2. The molecule has 0 aliphatic heterocycles. The van der Waals surface area contributed by atoms with Gasteiger partial charge >= 0.3 is 0 Å². The van der Waals surface area contributed by atoms with Gasteiger partial charge in [0, 0.05) is 30.6 Å². The minimum absolute atomic E-state index is 0.120. The zero-order valence-corrected chi connectivity index (χ0v) is 13.3. The van der Waals surface area contributed by atoms with E-state index in [4.69, 9.17) is 4.74 Å². The first-order valence-electron chi connectivity index (χ1n) is 7.68. The van der Waals surface area contributed by atoms with Gasteiger partial charge in [0.25, 0.3) is 5.69 Å². The largest absolute Gasteiger partial charge is 0.494 e. The van der Waals surface area contributed by atoms with Gasteiger partial charge in [-0.05, 0) is 24.3 Å². The van der Waals surface area contributed by atoms with Crippen LogP contribution in [0, 0.1) is 10.1 Å². The van der Waals surface area contributed by atoms with Crippen LogP contribution in [-0.4, -0.2) is 33.0 Å². The van der Waals surface area contributed by atoms with Crippen molar-refractivity contribution in [2.45, 2.75) is 6.42 Å². The average Bonchev–Trinajstić information content (AvgIpc) is 2.62. The number of nitro groups is 1. The van der Waals surface area contributed by atoms with Crippen molar-refractivity contribution in [1.29, 1.82) is 0 Å². The number of fused-ring (bicyclic) bond motifs is 1. The summed E-state index contributed by atoms with van der Waals surface area (Å²) in [6.45, 7) is 0.812. The van der Waals surface area contributed by atoms with Gasteiger partial charge in [0.2, 0.25) is 0 Å². The van der Waals surface area contributed by atoms with E-state index in [0.29, 0.717) is 19.6 Å². The maximum Gasteiger partial charge on any atom is 0.274 e. The number of aromatic nitrogens is 2. The normalized spacial score (nSPS) is 11.6. The number of ether oxygens (including phenoxy) is 1. The fourth-order valence-electron chi connectivity index (χ4n) is 2.29. The van der Waals surface area contributed by atoms with Crippen molar-refractivity contribution < 1.29 is 14.9 Å². The molecule has 8 heteroatoms. The number of nitrogens with zero attached hydrogens (tertiary/aromatic N) is 4. The van der Waals surface area contributed by atoms with E-state index in [1.165, 1.54) is 18.3 Å². The number of rotatable bonds is 6. The molecule has 0 atom stereocenters. The van der Waals surface area contributed by atoms with E-state index in [1.54, 1.807) is 6.20 Å². The highest BCUT2D eigenvalue weighted by Gasteiger charge is 2.05.